The highest BCUT2D eigenvalue weighted by molar-refractivity contribution is 5.94. The minimum absolute atomic E-state index is 0.150. The Hall–Kier alpha value is -3.16. The fourth-order valence-corrected chi connectivity index (χ4v) is 3.34. The van der Waals surface area contributed by atoms with Gasteiger partial charge in [-0.2, -0.15) is 4.39 Å². The van der Waals surface area contributed by atoms with Gasteiger partial charge in [0.15, 0.2) is 5.89 Å². The van der Waals surface area contributed by atoms with Gasteiger partial charge in [0.25, 0.3) is 5.91 Å². The van der Waals surface area contributed by atoms with E-state index < -0.39 is 17.6 Å². The summed E-state index contributed by atoms with van der Waals surface area (Å²) >= 11 is 0. The Morgan fingerprint density at radius 3 is 2.79 bits per heavy atom. The third-order valence-corrected chi connectivity index (χ3v) is 4.76. The second-order valence-corrected chi connectivity index (χ2v) is 6.66. The van der Waals surface area contributed by atoms with Crippen molar-refractivity contribution in [3.05, 3.63) is 71.8 Å². The number of aromatic nitrogens is 2. The standard InChI is InChI=1S/C20H16F3N3O2/c21-14-4-5-15(16(22)8-14)17-11-28-19(25-17)13-2-1-7-26(10-13)20(27)12-3-6-18(23)24-9-12/h3-6,8-9,11,13H,1-2,7,10H2/t13-/m0/s1. The molecule has 0 aliphatic carbocycles. The highest BCUT2D eigenvalue weighted by Gasteiger charge is 2.29. The summed E-state index contributed by atoms with van der Waals surface area (Å²) in [6.45, 7) is 0.939. The van der Waals surface area contributed by atoms with Crippen LogP contribution < -0.4 is 0 Å². The van der Waals surface area contributed by atoms with Gasteiger partial charge in [0.05, 0.1) is 11.5 Å². The maximum absolute atomic E-state index is 14.0. The Morgan fingerprint density at radius 1 is 1.18 bits per heavy atom. The Morgan fingerprint density at radius 2 is 2.04 bits per heavy atom. The number of carbonyl (C=O) groups excluding carboxylic acids is 1. The van der Waals surface area contributed by atoms with Crippen molar-refractivity contribution in [1.29, 1.82) is 0 Å². The number of rotatable bonds is 3. The number of amides is 1. The zero-order chi connectivity index (χ0) is 19.7. The predicted molar refractivity (Wildman–Crippen MR) is 93.9 cm³/mol. The van der Waals surface area contributed by atoms with E-state index in [0.717, 1.165) is 31.0 Å². The third kappa shape index (κ3) is 3.62. The van der Waals surface area contributed by atoms with Crippen LogP contribution >= 0.6 is 0 Å². The molecular formula is C20H16F3N3O2. The minimum Gasteiger partial charge on any atom is -0.448 e. The highest BCUT2D eigenvalue weighted by Crippen LogP contribution is 2.30. The van der Waals surface area contributed by atoms with Gasteiger partial charge in [0, 0.05) is 30.9 Å². The number of pyridine rings is 1. The summed E-state index contributed by atoms with van der Waals surface area (Å²) in [5.41, 5.74) is 0.736. The smallest absolute Gasteiger partial charge is 0.255 e. The number of hydrogen-bond donors (Lipinski definition) is 0. The van der Waals surface area contributed by atoms with Crippen LogP contribution in [-0.4, -0.2) is 33.9 Å². The molecule has 0 N–H and O–H groups in total. The maximum atomic E-state index is 14.0. The first-order chi connectivity index (χ1) is 13.5. The van der Waals surface area contributed by atoms with E-state index in [4.69, 9.17) is 4.42 Å². The normalized spacial score (nSPS) is 17.0. The Bertz CT molecular complexity index is 1000. The molecule has 0 bridgehead atoms. The first-order valence-electron chi connectivity index (χ1n) is 8.83. The van der Waals surface area contributed by atoms with Crippen molar-refractivity contribution >= 4 is 5.91 Å². The summed E-state index contributed by atoms with van der Waals surface area (Å²) in [5, 5.41) is 0. The molecule has 1 atom stereocenters. The number of piperidine rings is 1. The molecule has 3 heterocycles. The van der Waals surface area contributed by atoms with Crippen molar-refractivity contribution < 1.29 is 22.4 Å². The van der Waals surface area contributed by atoms with Crippen LogP contribution in [-0.2, 0) is 0 Å². The van der Waals surface area contributed by atoms with E-state index in [1.54, 1.807) is 4.90 Å². The zero-order valence-electron chi connectivity index (χ0n) is 14.7. The van der Waals surface area contributed by atoms with Crippen molar-refractivity contribution in [3.63, 3.8) is 0 Å². The Kier molecular flexibility index (Phi) is 4.85. The fourth-order valence-electron chi connectivity index (χ4n) is 3.34. The van der Waals surface area contributed by atoms with Crippen LogP contribution in [0, 0.1) is 17.6 Å². The molecule has 1 saturated heterocycles. The molecule has 0 unspecified atom stereocenters. The quantitative estimate of drug-likeness (QED) is 0.633. The van der Waals surface area contributed by atoms with Crippen LogP contribution in [0.15, 0.2) is 47.2 Å². The van der Waals surface area contributed by atoms with Crippen molar-refractivity contribution in [2.24, 2.45) is 0 Å². The van der Waals surface area contributed by atoms with Crippen LogP contribution in [0.4, 0.5) is 13.2 Å². The lowest BCUT2D eigenvalue weighted by Crippen LogP contribution is -2.39. The number of hydrogen-bond acceptors (Lipinski definition) is 4. The van der Waals surface area contributed by atoms with Gasteiger partial charge < -0.3 is 9.32 Å². The van der Waals surface area contributed by atoms with Crippen molar-refractivity contribution in [2.75, 3.05) is 13.1 Å². The van der Waals surface area contributed by atoms with Gasteiger partial charge in [-0.3, -0.25) is 4.79 Å². The minimum atomic E-state index is -0.718. The number of benzene rings is 1. The topological polar surface area (TPSA) is 59.2 Å². The van der Waals surface area contributed by atoms with Gasteiger partial charge >= 0.3 is 0 Å². The van der Waals surface area contributed by atoms with E-state index in [1.165, 1.54) is 24.6 Å². The molecule has 5 nitrogen and oxygen atoms in total. The summed E-state index contributed by atoms with van der Waals surface area (Å²) in [6, 6.07) is 5.80. The highest BCUT2D eigenvalue weighted by atomic mass is 19.1. The van der Waals surface area contributed by atoms with Crippen LogP contribution in [0.1, 0.15) is 35.0 Å². The number of likely N-dealkylation sites (tertiary alicyclic amines) is 1. The number of oxazole rings is 1. The second kappa shape index (κ2) is 7.46. The van der Waals surface area contributed by atoms with E-state index in [-0.39, 0.29) is 23.1 Å². The van der Waals surface area contributed by atoms with Crippen LogP contribution in [0.5, 0.6) is 0 Å². The van der Waals surface area contributed by atoms with E-state index in [2.05, 4.69) is 9.97 Å². The van der Waals surface area contributed by atoms with Gasteiger partial charge in [-0.25, -0.2) is 18.7 Å². The third-order valence-electron chi connectivity index (χ3n) is 4.76. The molecule has 1 aromatic carbocycles. The molecule has 0 saturated carbocycles. The van der Waals surface area contributed by atoms with Gasteiger partial charge in [-0.15, -0.1) is 0 Å². The number of nitrogens with zero attached hydrogens (tertiary/aromatic N) is 3. The second-order valence-electron chi connectivity index (χ2n) is 6.66. The lowest BCUT2D eigenvalue weighted by atomic mass is 9.97. The average molecular weight is 387 g/mol. The van der Waals surface area contributed by atoms with Crippen LogP contribution in [0.25, 0.3) is 11.3 Å². The lowest BCUT2D eigenvalue weighted by Gasteiger charge is -2.31. The largest absolute Gasteiger partial charge is 0.448 e. The summed E-state index contributed by atoms with van der Waals surface area (Å²) in [6.07, 6.45) is 4.04. The molecule has 8 heteroatoms. The molecule has 1 aliphatic heterocycles. The molecule has 1 aliphatic rings. The summed E-state index contributed by atoms with van der Waals surface area (Å²) < 4.78 is 45.5. The van der Waals surface area contributed by atoms with Crippen LogP contribution in [0.3, 0.4) is 0 Å². The van der Waals surface area contributed by atoms with Crippen molar-refractivity contribution in [1.82, 2.24) is 14.9 Å². The molecular weight excluding hydrogens is 371 g/mol. The van der Waals surface area contributed by atoms with Gasteiger partial charge in [-0.1, -0.05) is 0 Å². The number of carbonyl (C=O) groups is 1. The molecule has 2 aromatic heterocycles. The summed E-state index contributed by atoms with van der Waals surface area (Å²) in [4.78, 5) is 22.1. The first-order valence-corrected chi connectivity index (χ1v) is 8.83. The van der Waals surface area contributed by atoms with Gasteiger partial charge in [0.1, 0.15) is 23.6 Å². The molecule has 1 amide bonds. The molecule has 1 fully saturated rings. The predicted octanol–water partition coefficient (Wildman–Crippen LogP) is 4.17. The number of halogens is 3. The fraction of sp³-hybridized carbons (Fsp3) is 0.250. The molecule has 0 radical (unpaired) electrons. The molecule has 0 spiro atoms. The first kappa shape index (κ1) is 18.2. The van der Waals surface area contributed by atoms with E-state index in [0.29, 0.717) is 24.5 Å². The van der Waals surface area contributed by atoms with Gasteiger partial charge in [0.2, 0.25) is 5.95 Å². The van der Waals surface area contributed by atoms with Crippen LogP contribution in [0.2, 0.25) is 0 Å². The maximum Gasteiger partial charge on any atom is 0.255 e. The molecule has 28 heavy (non-hydrogen) atoms. The monoisotopic (exact) mass is 387 g/mol. The Labute approximate surface area is 158 Å². The summed E-state index contributed by atoms with van der Waals surface area (Å²) in [5.74, 6) is -2.02. The SMILES string of the molecule is O=C(c1ccc(F)nc1)N1CCC[C@H](c2nc(-c3ccc(F)cc3F)co2)C1. The Balaban J connectivity index is 1.51. The van der Waals surface area contributed by atoms with E-state index in [1.807, 2.05) is 0 Å². The zero-order valence-corrected chi connectivity index (χ0v) is 14.7. The average Bonchev–Trinajstić information content (AvgIpc) is 3.18. The molecule has 144 valence electrons. The van der Waals surface area contributed by atoms with E-state index >= 15 is 0 Å². The van der Waals surface area contributed by atoms with Crippen molar-refractivity contribution in [3.8, 4) is 11.3 Å². The van der Waals surface area contributed by atoms with Gasteiger partial charge in [-0.05, 0) is 37.1 Å². The summed E-state index contributed by atoms with van der Waals surface area (Å²) in [7, 11) is 0. The van der Waals surface area contributed by atoms with Crippen molar-refractivity contribution in [2.45, 2.75) is 18.8 Å². The molecule has 3 aromatic rings. The lowest BCUT2D eigenvalue weighted by molar-refractivity contribution is 0.0697. The van der Waals surface area contributed by atoms with E-state index in [9.17, 15) is 18.0 Å². The molecule has 4 rings (SSSR count).